The zero-order valence-corrected chi connectivity index (χ0v) is 14.5. The van der Waals surface area contributed by atoms with Crippen LogP contribution in [-0.2, 0) is 10.0 Å². The van der Waals surface area contributed by atoms with E-state index in [0.717, 1.165) is 5.56 Å². The van der Waals surface area contributed by atoms with E-state index in [0.29, 0.717) is 17.9 Å². The Hall–Kier alpha value is -2.60. The van der Waals surface area contributed by atoms with Crippen molar-refractivity contribution in [2.24, 2.45) is 5.10 Å². The fourth-order valence-corrected chi connectivity index (χ4v) is 2.68. The molecule has 0 amide bonds. The van der Waals surface area contributed by atoms with E-state index in [-0.39, 0.29) is 4.90 Å². The molecular formula is C18H20N2O3S. The summed E-state index contributed by atoms with van der Waals surface area (Å²) in [5, 5.41) is 3.84. The Kier molecular flexibility index (Phi) is 6.14. The molecule has 0 atom stereocenters. The molecule has 0 radical (unpaired) electrons. The Morgan fingerprint density at radius 2 is 1.83 bits per heavy atom. The van der Waals surface area contributed by atoms with Crippen LogP contribution in [-0.4, -0.2) is 21.2 Å². The van der Waals surface area contributed by atoms with Crippen molar-refractivity contribution in [3.05, 3.63) is 71.8 Å². The highest BCUT2D eigenvalue weighted by Crippen LogP contribution is 2.16. The highest BCUT2D eigenvalue weighted by atomic mass is 32.2. The number of hydrogen-bond donors (Lipinski definition) is 1. The van der Waals surface area contributed by atoms with E-state index in [1.807, 2.05) is 38.1 Å². The molecule has 0 spiro atoms. The van der Waals surface area contributed by atoms with Gasteiger partial charge in [-0.05, 0) is 38.1 Å². The molecule has 24 heavy (non-hydrogen) atoms. The number of sulfonamides is 1. The number of nitrogens with zero attached hydrogens (tertiary/aromatic N) is 1. The van der Waals surface area contributed by atoms with E-state index in [2.05, 4.69) is 9.93 Å². The number of para-hydroxylation sites is 1. The molecule has 0 heterocycles. The molecule has 0 saturated heterocycles. The summed E-state index contributed by atoms with van der Waals surface area (Å²) in [6.45, 7) is 4.25. The molecular weight excluding hydrogens is 324 g/mol. The monoisotopic (exact) mass is 344 g/mol. The van der Waals surface area contributed by atoms with E-state index in [9.17, 15) is 8.42 Å². The van der Waals surface area contributed by atoms with E-state index >= 15 is 0 Å². The number of aryl methyl sites for hydroxylation is 1. The number of allylic oxidation sites excluding steroid dienone is 1. The molecule has 2 aromatic carbocycles. The van der Waals surface area contributed by atoms with Gasteiger partial charge in [-0.2, -0.15) is 13.5 Å². The highest BCUT2D eigenvalue weighted by molar-refractivity contribution is 7.89. The van der Waals surface area contributed by atoms with Crippen molar-refractivity contribution >= 4 is 16.2 Å². The van der Waals surface area contributed by atoms with Crippen LogP contribution in [0.15, 0.2) is 70.7 Å². The number of hydrogen-bond acceptors (Lipinski definition) is 4. The molecule has 0 fully saturated rings. The van der Waals surface area contributed by atoms with Crippen LogP contribution >= 0.6 is 0 Å². The zero-order chi connectivity index (χ0) is 17.4. The summed E-state index contributed by atoms with van der Waals surface area (Å²) in [6, 6.07) is 13.8. The summed E-state index contributed by atoms with van der Waals surface area (Å²) in [4.78, 5) is 2.38. The van der Waals surface area contributed by atoms with E-state index in [1.54, 1.807) is 36.4 Å². The van der Waals surface area contributed by atoms with Gasteiger partial charge in [0.25, 0.3) is 10.0 Å². The summed E-state index contributed by atoms with van der Waals surface area (Å²) >= 11 is 0. The SMILES string of the molecule is C/C=C\COc1ccccc1/C=N/NS(=O)(=O)c1ccc(C)cc1. The van der Waals surface area contributed by atoms with Crippen LogP contribution < -0.4 is 9.57 Å². The van der Waals surface area contributed by atoms with Crippen LogP contribution in [0.1, 0.15) is 18.1 Å². The van der Waals surface area contributed by atoms with Crippen LogP contribution in [0.25, 0.3) is 0 Å². The smallest absolute Gasteiger partial charge is 0.276 e. The molecule has 2 rings (SSSR count). The predicted octanol–water partition coefficient (Wildman–Crippen LogP) is 3.26. The van der Waals surface area contributed by atoms with Gasteiger partial charge in [0, 0.05) is 5.56 Å². The van der Waals surface area contributed by atoms with Gasteiger partial charge >= 0.3 is 0 Å². The second-order valence-electron chi connectivity index (χ2n) is 5.08. The molecule has 126 valence electrons. The van der Waals surface area contributed by atoms with E-state index in [1.165, 1.54) is 6.21 Å². The Morgan fingerprint density at radius 3 is 2.54 bits per heavy atom. The molecule has 0 bridgehead atoms. The number of rotatable bonds is 7. The van der Waals surface area contributed by atoms with Gasteiger partial charge in [0.1, 0.15) is 12.4 Å². The number of nitrogens with one attached hydrogen (secondary N) is 1. The number of ether oxygens (including phenoxy) is 1. The first-order valence-electron chi connectivity index (χ1n) is 7.47. The summed E-state index contributed by atoms with van der Waals surface area (Å²) in [7, 11) is -3.68. The fraction of sp³-hybridized carbons (Fsp3) is 0.167. The third-order valence-electron chi connectivity index (χ3n) is 3.20. The Morgan fingerprint density at radius 1 is 1.12 bits per heavy atom. The van der Waals surface area contributed by atoms with Gasteiger partial charge in [-0.3, -0.25) is 0 Å². The van der Waals surface area contributed by atoms with Gasteiger partial charge in [0.15, 0.2) is 0 Å². The van der Waals surface area contributed by atoms with Gasteiger partial charge in [-0.1, -0.05) is 42.0 Å². The van der Waals surface area contributed by atoms with Crippen molar-refractivity contribution in [3.63, 3.8) is 0 Å². The Bertz CT molecular complexity index is 826. The van der Waals surface area contributed by atoms with Gasteiger partial charge in [-0.15, -0.1) is 0 Å². The van der Waals surface area contributed by atoms with E-state index < -0.39 is 10.0 Å². The Labute approximate surface area is 142 Å². The molecule has 0 unspecified atom stereocenters. The summed E-state index contributed by atoms with van der Waals surface area (Å²) < 4.78 is 29.9. The molecule has 0 aliphatic rings. The van der Waals surface area contributed by atoms with Crippen molar-refractivity contribution in [1.29, 1.82) is 0 Å². The van der Waals surface area contributed by atoms with Crippen molar-refractivity contribution in [3.8, 4) is 5.75 Å². The molecule has 1 N–H and O–H groups in total. The largest absolute Gasteiger partial charge is 0.489 e. The van der Waals surface area contributed by atoms with Crippen LogP contribution in [0.4, 0.5) is 0 Å². The van der Waals surface area contributed by atoms with Crippen LogP contribution in [0.2, 0.25) is 0 Å². The maximum absolute atomic E-state index is 12.2. The lowest BCUT2D eigenvalue weighted by molar-refractivity contribution is 0.362. The normalized spacial score (nSPS) is 11.9. The van der Waals surface area contributed by atoms with Crippen LogP contribution in [0.3, 0.4) is 0 Å². The molecule has 0 aromatic heterocycles. The summed E-state index contributed by atoms with van der Waals surface area (Å²) in [5.41, 5.74) is 1.68. The molecule has 2 aromatic rings. The summed E-state index contributed by atoms with van der Waals surface area (Å²) in [5.74, 6) is 0.633. The molecule has 0 saturated carbocycles. The lowest BCUT2D eigenvalue weighted by atomic mass is 10.2. The van der Waals surface area contributed by atoms with Gasteiger partial charge in [0.05, 0.1) is 11.1 Å². The minimum atomic E-state index is -3.68. The summed E-state index contributed by atoms with van der Waals surface area (Å²) in [6.07, 6.45) is 5.21. The molecule has 6 heteroatoms. The van der Waals surface area contributed by atoms with Crippen molar-refractivity contribution in [1.82, 2.24) is 4.83 Å². The molecule has 0 aliphatic heterocycles. The van der Waals surface area contributed by atoms with Crippen LogP contribution in [0, 0.1) is 6.92 Å². The maximum atomic E-state index is 12.2. The van der Waals surface area contributed by atoms with Crippen LogP contribution in [0.5, 0.6) is 5.75 Å². The lowest BCUT2D eigenvalue weighted by Gasteiger charge is -2.07. The molecule has 5 nitrogen and oxygen atoms in total. The Balaban J connectivity index is 2.10. The minimum absolute atomic E-state index is 0.169. The highest BCUT2D eigenvalue weighted by Gasteiger charge is 2.11. The molecule has 0 aliphatic carbocycles. The fourth-order valence-electron chi connectivity index (χ4n) is 1.89. The second kappa shape index (κ2) is 8.31. The quantitative estimate of drug-likeness (QED) is 0.476. The standard InChI is InChI=1S/C18H20N2O3S/c1-3-4-13-23-18-8-6-5-7-16(18)14-19-20-24(21,22)17-11-9-15(2)10-12-17/h3-12,14,20H,13H2,1-2H3/b4-3-,19-14+. The first-order chi connectivity index (χ1) is 11.5. The third kappa shape index (κ3) is 4.96. The van der Waals surface area contributed by atoms with Gasteiger partial charge < -0.3 is 4.74 Å². The maximum Gasteiger partial charge on any atom is 0.276 e. The first kappa shape index (κ1) is 17.7. The average Bonchev–Trinajstić information content (AvgIpc) is 2.57. The second-order valence-corrected chi connectivity index (χ2v) is 6.74. The van der Waals surface area contributed by atoms with Gasteiger partial charge in [-0.25, -0.2) is 4.83 Å². The van der Waals surface area contributed by atoms with Gasteiger partial charge in [0.2, 0.25) is 0 Å². The number of hydrazone groups is 1. The third-order valence-corrected chi connectivity index (χ3v) is 4.44. The van der Waals surface area contributed by atoms with Crippen molar-refractivity contribution < 1.29 is 13.2 Å². The zero-order valence-electron chi connectivity index (χ0n) is 13.6. The predicted molar refractivity (Wildman–Crippen MR) is 95.8 cm³/mol. The first-order valence-corrected chi connectivity index (χ1v) is 8.96. The van der Waals surface area contributed by atoms with E-state index in [4.69, 9.17) is 4.74 Å². The lowest BCUT2D eigenvalue weighted by Crippen LogP contribution is -2.18. The van der Waals surface area contributed by atoms with Crippen molar-refractivity contribution in [2.75, 3.05) is 6.61 Å². The minimum Gasteiger partial charge on any atom is -0.489 e. The average molecular weight is 344 g/mol. The topological polar surface area (TPSA) is 67.8 Å². The van der Waals surface area contributed by atoms with Crippen molar-refractivity contribution in [2.45, 2.75) is 18.7 Å². The number of benzene rings is 2.